The minimum atomic E-state index is -3.17. The number of hydrogen-bond donors (Lipinski definition) is 2. The molecule has 0 spiro atoms. The van der Waals surface area contributed by atoms with Crippen molar-refractivity contribution in [3.8, 4) is 0 Å². The largest absolute Gasteiger partial charge is 0.378 e. The van der Waals surface area contributed by atoms with Gasteiger partial charge in [-0.1, -0.05) is 39.3 Å². The smallest absolute Gasteiger partial charge is 0.318 e. The number of rotatable bonds is 11. The van der Waals surface area contributed by atoms with E-state index in [4.69, 9.17) is 9.26 Å². The highest BCUT2D eigenvalue weighted by Crippen LogP contribution is 2.26. The molecule has 1 aliphatic rings. The number of carbonyl (C=O) groups excluding carboxylic acids is 3. The fourth-order valence-electron chi connectivity index (χ4n) is 3.33. The standard InChI is InChI=1S/C21H33F2N5O5/c1-5-7-21(22,23)12-15(25-20(31)28-8-10-32-11-9-28)18(30)24-14(6-2)16(29)19-26-17(13(3)4)27-33-19/h13-15H,5-12H2,1-4H3,(H,24,30)(H,25,31)/t14-,15-/m0/s1. The van der Waals surface area contributed by atoms with Crippen LogP contribution >= 0.6 is 0 Å². The number of carbonyl (C=O) groups is 3. The molecule has 1 fully saturated rings. The van der Waals surface area contributed by atoms with Crippen LogP contribution in [0.15, 0.2) is 4.52 Å². The lowest BCUT2D eigenvalue weighted by Crippen LogP contribution is -2.56. The van der Waals surface area contributed by atoms with Gasteiger partial charge in [-0.25, -0.2) is 13.6 Å². The average Bonchev–Trinajstić information content (AvgIpc) is 3.27. The van der Waals surface area contributed by atoms with Crippen LogP contribution < -0.4 is 10.6 Å². The zero-order chi connectivity index (χ0) is 24.6. The van der Waals surface area contributed by atoms with Crippen molar-refractivity contribution >= 4 is 17.7 Å². The van der Waals surface area contributed by atoms with E-state index in [1.165, 1.54) is 4.90 Å². The van der Waals surface area contributed by atoms with Crippen LogP contribution in [0.25, 0.3) is 0 Å². The molecule has 0 radical (unpaired) electrons. The van der Waals surface area contributed by atoms with Gasteiger partial charge < -0.3 is 24.8 Å². The lowest BCUT2D eigenvalue weighted by molar-refractivity contribution is -0.126. The number of halogens is 2. The molecular formula is C21H33F2N5O5. The van der Waals surface area contributed by atoms with Crippen molar-refractivity contribution < 1.29 is 32.4 Å². The van der Waals surface area contributed by atoms with E-state index >= 15 is 0 Å². The molecule has 3 amide bonds. The van der Waals surface area contributed by atoms with Crippen LogP contribution in [-0.2, 0) is 9.53 Å². The molecule has 1 saturated heterocycles. The molecule has 10 nitrogen and oxygen atoms in total. The summed E-state index contributed by atoms with van der Waals surface area (Å²) < 4.78 is 39.0. The Labute approximate surface area is 191 Å². The molecule has 1 aliphatic heterocycles. The Bertz CT molecular complexity index is 811. The highest BCUT2D eigenvalue weighted by molar-refractivity contribution is 5.99. The number of morpholine rings is 1. The maximum absolute atomic E-state index is 14.4. The van der Waals surface area contributed by atoms with Gasteiger partial charge in [0.2, 0.25) is 11.7 Å². The first kappa shape index (κ1) is 26.6. The summed E-state index contributed by atoms with van der Waals surface area (Å²) >= 11 is 0. The number of ketones is 1. The molecule has 2 heterocycles. The van der Waals surface area contributed by atoms with Crippen LogP contribution in [0.2, 0.25) is 0 Å². The fraction of sp³-hybridized carbons (Fsp3) is 0.762. The molecule has 0 aromatic carbocycles. The van der Waals surface area contributed by atoms with E-state index < -0.39 is 48.6 Å². The topological polar surface area (TPSA) is 127 Å². The summed E-state index contributed by atoms with van der Waals surface area (Å²) in [6.07, 6.45) is -0.935. The Morgan fingerprint density at radius 2 is 1.79 bits per heavy atom. The number of ether oxygens (including phenoxy) is 1. The van der Waals surface area contributed by atoms with E-state index in [1.807, 2.05) is 13.8 Å². The number of amides is 3. The van der Waals surface area contributed by atoms with Gasteiger partial charge in [0.25, 0.3) is 11.8 Å². The van der Waals surface area contributed by atoms with Crippen molar-refractivity contribution in [2.24, 2.45) is 0 Å². The van der Waals surface area contributed by atoms with Crippen LogP contribution in [0.1, 0.15) is 75.8 Å². The summed E-state index contributed by atoms with van der Waals surface area (Å²) in [6, 6.07) is -3.23. The predicted octanol–water partition coefficient (Wildman–Crippen LogP) is 2.51. The molecule has 33 heavy (non-hydrogen) atoms. The maximum atomic E-state index is 14.4. The number of aromatic nitrogens is 2. The SMILES string of the molecule is CCCC(F)(F)C[C@H](NC(=O)N1CCOCC1)C(=O)N[C@@H](CC)C(=O)c1nc(C(C)C)no1. The van der Waals surface area contributed by atoms with E-state index in [1.54, 1.807) is 13.8 Å². The first-order chi connectivity index (χ1) is 15.6. The number of nitrogens with one attached hydrogen (secondary N) is 2. The van der Waals surface area contributed by atoms with Crippen molar-refractivity contribution in [1.82, 2.24) is 25.7 Å². The van der Waals surface area contributed by atoms with E-state index in [0.717, 1.165) is 0 Å². The molecule has 2 atom stereocenters. The Morgan fingerprint density at radius 3 is 2.33 bits per heavy atom. The van der Waals surface area contributed by atoms with Gasteiger partial charge in [0.1, 0.15) is 6.04 Å². The molecule has 2 N–H and O–H groups in total. The molecule has 1 aromatic rings. The lowest BCUT2D eigenvalue weighted by atomic mass is 10.0. The van der Waals surface area contributed by atoms with Gasteiger partial charge in [0.05, 0.1) is 19.3 Å². The average molecular weight is 474 g/mol. The first-order valence-corrected chi connectivity index (χ1v) is 11.3. The van der Waals surface area contributed by atoms with Crippen molar-refractivity contribution in [2.45, 2.75) is 77.3 Å². The highest BCUT2D eigenvalue weighted by atomic mass is 19.3. The van der Waals surface area contributed by atoms with Crippen LogP contribution in [0, 0.1) is 0 Å². The van der Waals surface area contributed by atoms with Crippen molar-refractivity contribution in [3.05, 3.63) is 11.7 Å². The van der Waals surface area contributed by atoms with E-state index in [9.17, 15) is 23.2 Å². The normalized spacial score (nSPS) is 16.4. The summed E-state index contributed by atoms with van der Waals surface area (Å²) in [5.41, 5.74) is 0. The van der Waals surface area contributed by atoms with Crippen LogP contribution in [0.5, 0.6) is 0 Å². The molecule has 1 aromatic heterocycles. The van der Waals surface area contributed by atoms with Gasteiger partial charge in [0.15, 0.2) is 5.82 Å². The van der Waals surface area contributed by atoms with Gasteiger partial charge in [-0.05, 0) is 6.42 Å². The first-order valence-electron chi connectivity index (χ1n) is 11.3. The molecule has 0 saturated carbocycles. The van der Waals surface area contributed by atoms with Gasteiger partial charge >= 0.3 is 6.03 Å². The van der Waals surface area contributed by atoms with E-state index in [0.29, 0.717) is 19.0 Å². The zero-order valence-electron chi connectivity index (χ0n) is 19.5. The second kappa shape index (κ2) is 12.0. The van der Waals surface area contributed by atoms with Gasteiger partial charge in [-0.3, -0.25) is 9.59 Å². The Morgan fingerprint density at radius 1 is 1.12 bits per heavy atom. The Hall–Kier alpha value is -2.63. The summed E-state index contributed by atoms with van der Waals surface area (Å²) in [5, 5.41) is 8.61. The Balaban J connectivity index is 2.14. The van der Waals surface area contributed by atoms with E-state index in [-0.39, 0.29) is 37.7 Å². The quantitative estimate of drug-likeness (QED) is 0.473. The second-order valence-electron chi connectivity index (χ2n) is 8.36. The van der Waals surface area contributed by atoms with Crippen LogP contribution in [0.3, 0.4) is 0 Å². The predicted molar refractivity (Wildman–Crippen MR) is 114 cm³/mol. The highest BCUT2D eigenvalue weighted by Gasteiger charge is 2.38. The van der Waals surface area contributed by atoms with Gasteiger partial charge in [-0.2, -0.15) is 4.98 Å². The van der Waals surface area contributed by atoms with Crippen LogP contribution in [0.4, 0.5) is 13.6 Å². The third kappa shape index (κ3) is 7.72. The summed E-state index contributed by atoms with van der Waals surface area (Å²) in [4.78, 5) is 43.7. The zero-order valence-corrected chi connectivity index (χ0v) is 19.5. The number of hydrogen-bond acceptors (Lipinski definition) is 7. The second-order valence-corrected chi connectivity index (χ2v) is 8.36. The number of nitrogens with zero attached hydrogens (tertiary/aromatic N) is 3. The minimum Gasteiger partial charge on any atom is -0.378 e. The molecular weight excluding hydrogens is 440 g/mol. The Kier molecular flexibility index (Phi) is 9.69. The molecule has 0 bridgehead atoms. The molecule has 186 valence electrons. The minimum absolute atomic E-state index is 0.0643. The fourth-order valence-corrected chi connectivity index (χ4v) is 3.33. The molecule has 12 heteroatoms. The number of Topliss-reactive ketones (excluding diaryl/α,β-unsaturated/α-hetero) is 1. The number of urea groups is 1. The van der Waals surface area contributed by atoms with Crippen molar-refractivity contribution in [1.29, 1.82) is 0 Å². The number of alkyl halides is 2. The molecule has 0 aliphatic carbocycles. The third-order valence-corrected chi connectivity index (χ3v) is 5.24. The third-order valence-electron chi connectivity index (χ3n) is 5.24. The van der Waals surface area contributed by atoms with E-state index in [2.05, 4.69) is 20.8 Å². The molecule has 2 rings (SSSR count). The molecule has 0 unspecified atom stereocenters. The van der Waals surface area contributed by atoms with Gasteiger partial charge in [0, 0.05) is 31.8 Å². The summed E-state index contributed by atoms with van der Waals surface area (Å²) in [7, 11) is 0. The van der Waals surface area contributed by atoms with Gasteiger partial charge in [-0.15, -0.1) is 0 Å². The maximum Gasteiger partial charge on any atom is 0.318 e. The van der Waals surface area contributed by atoms with Crippen molar-refractivity contribution in [3.63, 3.8) is 0 Å². The lowest BCUT2D eigenvalue weighted by Gasteiger charge is -2.30. The van der Waals surface area contributed by atoms with Crippen LogP contribution in [-0.4, -0.2) is 77.1 Å². The summed E-state index contributed by atoms with van der Waals surface area (Å²) in [5.74, 6) is -4.66. The monoisotopic (exact) mass is 473 g/mol. The van der Waals surface area contributed by atoms with Crippen molar-refractivity contribution in [2.75, 3.05) is 26.3 Å². The summed E-state index contributed by atoms with van der Waals surface area (Å²) in [6.45, 7) is 8.14.